The number of rotatable bonds is 5. The van der Waals surface area contributed by atoms with Gasteiger partial charge in [-0.2, -0.15) is 0 Å². The zero-order chi connectivity index (χ0) is 16.1. The van der Waals surface area contributed by atoms with Crippen molar-refractivity contribution in [2.75, 3.05) is 26.7 Å². The van der Waals surface area contributed by atoms with Crippen molar-refractivity contribution >= 4 is 18.3 Å². The first kappa shape index (κ1) is 19.1. The molecule has 1 saturated carbocycles. The largest absolute Gasteiger partial charge is 0.497 e. The van der Waals surface area contributed by atoms with E-state index in [-0.39, 0.29) is 23.7 Å². The van der Waals surface area contributed by atoms with E-state index in [1.54, 1.807) is 7.11 Å². The number of methoxy groups -OCH3 is 1. The van der Waals surface area contributed by atoms with E-state index < -0.39 is 0 Å². The van der Waals surface area contributed by atoms with Crippen molar-refractivity contribution in [3.8, 4) is 5.75 Å². The van der Waals surface area contributed by atoms with E-state index >= 15 is 0 Å². The average molecular weight is 353 g/mol. The minimum absolute atomic E-state index is 0. The topological polar surface area (TPSA) is 50.4 Å². The smallest absolute Gasteiger partial charge is 0.230 e. The molecule has 5 heteroatoms. The predicted octanol–water partition coefficient (Wildman–Crippen LogP) is 3.04. The molecular formula is C19H29ClN2O2. The Morgan fingerprint density at radius 2 is 2.12 bits per heavy atom. The third-order valence-corrected chi connectivity index (χ3v) is 5.46. The Balaban J connectivity index is 0.00000208. The van der Waals surface area contributed by atoms with Gasteiger partial charge in [0.2, 0.25) is 5.91 Å². The fourth-order valence-electron chi connectivity index (χ4n) is 4.05. The zero-order valence-corrected chi connectivity index (χ0v) is 15.3. The zero-order valence-electron chi connectivity index (χ0n) is 14.5. The second kappa shape index (κ2) is 8.72. The molecule has 1 saturated heterocycles. The summed E-state index contributed by atoms with van der Waals surface area (Å²) >= 11 is 0. The van der Waals surface area contributed by atoms with Crippen LogP contribution >= 0.6 is 12.4 Å². The van der Waals surface area contributed by atoms with E-state index in [2.05, 4.69) is 16.7 Å². The molecule has 1 aromatic carbocycles. The molecule has 134 valence electrons. The van der Waals surface area contributed by atoms with Gasteiger partial charge in [0, 0.05) is 6.54 Å². The molecule has 3 rings (SSSR count). The number of piperidine rings is 1. The molecule has 0 bridgehead atoms. The third kappa shape index (κ3) is 4.04. The predicted molar refractivity (Wildman–Crippen MR) is 99.0 cm³/mol. The van der Waals surface area contributed by atoms with Crippen LogP contribution in [-0.4, -0.2) is 32.7 Å². The van der Waals surface area contributed by atoms with E-state index in [1.807, 2.05) is 18.2 Å². The van der Waals surface area contributed by atoms with Gasteiger partial charge >= 0.3 is 0 Å². The van der Waals surface area contributed by atoms with E-state index in [0.717, 1.165) is 56.6 Å². The van der Waals surface area contributed by atoms with E-state index in [9.17, 15) is 4.79 Å². The first-order valence-corrected chi connectivity index (χ1v) is 8.88. The molecule has 1 amide bonds. The van der Waals surface area contributed by atoms with Crippen LogP contribution in [0.3, 0.4) is 0 Å². The number of benzene rings is 1. The van der Waals surface area contributed by atoms with Gasteiger partial charge < -0.3 is 15.4 Å². The van der Waals surface area contributed by atoms with Gasteiger partial charge in [-0.15, -0.1) is 12.4 Å². The van der Waals surface area contributed by atoms with E-state index in [1.165, 1.54) is 12.8 Å². The lowest BCUT2D eigenvalue weighted by molar-refractivity contribution is -0.126. The van der Waals surface area contributed by atoms with Gasteiger partial charge in [-0.05, 0) is 62.4 Å². The molecule has 1 aliphatic heterocycles. The van der Waals surface area contributed by atoms with Crippen LogP contribution in [0.25, 0.3) is 0 Å². The Hall–Kier alpha value is -1.26. The summed E-state index contributed by atoms with van der Waals surface area (Å²) in [5, 5.41) is 6.67. The quantitative estimate of drug-likeness (QED) is 0.856. The summed E-state index contributed by atoms with van der Waals surface area (Å²) in [5.74, 6) is 1.60. The number of amides is 1. The molecule has 2 N–H and O–H groups in total. The van der Waals surface area contributed by atoms with Crippen LogP contribution in [0.1, 0.15) is 44.1 Å². The molecule has 2 aliphatic rings. The molecule has 0 radical (unpaired) electrons. The molecule has 1 aromatic rings. The second-order valence-electron chi connectivity index (χ2n) is 6.94. The highest BCUT2D eigenvalue weighted by Crippen LogP contribution is 2.42. The van der Waals surface area contributed by atoms with Crippen molar-refractivity contribution in [1.82, 2.24) is 10.6 Å². The fourth-order valence-corrected chi connectivity index (χ4v) is 4.05. The summed E-state index contributed by atoms with van der Waals surface area (Å²) in [6.07, 6.45) is 6.54. The highest BCUT2D eigenvalue weighted by molar-refractivity contribution is 5.88. The van der Waals surface area contributed by atoms with Crippen molar-refractivity contribution < 1.29 is 9.53 Å². The lowest BCUT2D eigenvalue weighted by atomic mass is 9.77. The van der Waals surface area contributed by atoms with Crippen molar-refractivity contribution in [3.63, 3.8) is 0 Å². The van der Waals surface area contributed by atoms with Gasteiger partial charge in [0.1, 0.15) is 5.75 Å². The van der Waals surface area contributed by atoms with Gasteiger partial charge in [-0.1, -0.05) is 25.0 Å². The van der Waals surface area contributed by atoms with Crippen LogP contribution < -0.4 is 15.4 Å². The van der Waals surface area contributed by atoms with Crippen molar-refractivity contribution in [2.24, 2.45) is 5.92 Å². The first-order valence-electron chi connectivity index (χ1n) is 8.88. The number of hydrogen-bond donors (Lipinski definition) is 2. The molecular weight excluding hydrogens is 324 g/mol. The minimum atomic E-state index is -0.364. The summed E-state index contributed by atoms with van der Waals surface area (Å²) in [6, 6.07) is 8.05. The standard InChI is InChI=1S/C19H28N2O2.ClH/c1-23-17-8-4-7-16(12-17)19(9-2-3-10-19)18(22)21-14-15-6-5-11-20-13-15;/h4,7-8,12,15,20H,2-3,5-6,9-11,13-14H2,1H3,(H,21,22);1H. The van der Waals surface area contributed by atoms with Crippen LogP contribution in [0.15, 0.2) is 24.3 Å². The summed E-state index contributed by atoms with van der Waals surface area (Å²) in [7, 11) is 1.68. The maximum Gasteiger partial charge on any atom is 0.230 e. The van der Waals surface area contributed by atoms with Gasteiger partial charge in [0.15, 0.2) is 0 Å². The molecule has 1 atom stereocenters. The summed E-state index contributed by atoms with van der Waals surface area (Å²) < 4.78 is 5.35. The van der Waals surface area contributed by atoms with Gasteiger partial charge in [-0.3, -0.25) is 4.79 Å². The van der Waals surface area contributed by atoms with Gasteiger partial charge in [-0.25, -0.2) is 0 Å². The van der Waals surface area contributed by atoms with Crippen LogP contribution in [0.5, 0.6) is 5.75 Å². The monoisotopic (exact) mass is 352 g/mol. The normalized spacial score (nSPS) is 22.5. The van der Waals surface area contributed by atoms with Gasteiger partial charge in [0.05, 0.1) is 12.5 Å². The number of ether oxygens (including phenoxy) is 1. The lowest BCUT2D eigenvalue weighted by Crippen LogP contribution is -2.46. The fraction of sp³-hybridized carbons (Fsp3) is 0.632. The van der Waals surface area contributed by atoms with E-state index in [4.69, 9.17) is 4.74 Å². The molecule has 1 aliphatic carbocycles. The van der Waals surface area contributed by atoms with Crippen molar-refractivity contribution in [1.29, 1.82) is 0 Å². The lowest BCUT2D eigenvalue weighted by Gasteiger charge is -2.30. The van der Waals surface area contributed by atoms with Crippen LogP contribution in [0.4, 0.5) is 0 Å². The average Bonchev–Trinajstić information content (AvgIpc) is 3.12. The second-order valence-corrected chi connectivity index (χ2v) is 6.94. The number of carbonyl (C=O) groups excluding carboxylic acids is 1. The third-order valence-electron chi connectivity index (χ3n) is 5.46. The van der Waals surface area contributed by atoms with E-state index in [0.29, 0.717) is 5.92 Å². The molecule has 24 heavy (non-hydrogen) atoms. The Morgan fingerprint density at radius 3 is 2.79 bits per heavy atom. The van der Waals surface area contributed by atoms with Gasteiger partial charge in [0.25, 0.3) is 0 Å². The summed E-state index contributed by atoms with van der Waals surface area (Å²) in [5.41, 5.74) is 0.741. The molecule has 2 fully saturated rings. The summed E-state index contributed by atoms with van der Waals surface area (Å²) in [4.78, 5) is 13.0. The maximum atomic E-state index is 13.0. The number of hydrogen-bond acceptors (Lipinski definition) is 3. The Kier molecular flexibility index (Phi) is 6.93. The number of nitrogens with one attached hydrogen (secondary N) is 2. The molecule has 1 unspecified atom stereocenters. The Labute approximate surface area is 151 Å². The molecule has 4 nitrogen and oxygen atoms in total. The Bertz CT molecular complexity index is 538. The molecule has 0 aromatic heterocycles. The summed E-state index contributed by atoms with van der Waals surface area (Å²) in [6.45, 7) is 2.92. The minimum Gasteiger partial charge on any atom is -0.497 e. The van der Waals surface area contributed by atoms with Crippen LogP contribution in [-0.2, 0) is 10.2 Å². The maximum absolute atomic E-state index is 13.0. The van der Waals surface area contributed by atoms with Crippen molar-refractivity contribution in [3.05, 3.63) is 29.8 Å². The molecule has 0 spiro atoms. The first-order chi connectivity index (χ1) is 11.2. The van der Waals surface area contributed by atoms with Crippen LogP contribution in [0, 0.1) is 5.92 Å². The number of halogens is 1. The highest BCUT2D eigenvalue weighted by Gasteiger charge is 2.42. The highest BCUT2D eigenvalue weighted by atomic mass is 35.5. The van der Waals surface area contributed by atoms with Crippen molar-refractivity contribution in [2.45, 2.75) is 43.9 Å². The Morgan fingerprint density at radius 1 is 1.33 bits per heavy atom. The molecule has 1 heterocycles. The number of carbonyl (C=O) groups is 1. The van der Waals surface area contributed by atoms with Crippen LogP contribution in [0.2, 0.25) is 0 Å². The SMILES string of the molecule is COc1cccc(C2(C(=O)NCC3CCCNC3)CCCC2)c1.Cl.